The molecule has 0 aliphatic carbocycles. The largest absolute Gasteiger partial charge is 0.423 e. The van der Waals surface area contributed by atoms with Gasteiger partial charge in [-0.15, -0.1) is 10.2 Å². The zero-order chi connectivity index (χ0) is 15.0. The summed E-state index contributed by atoms with van der Waals surface area (Å²) in [6, 6.07) is 5.57. The predicted molar refractivity (Wildman–Crippen MR) is 78.2 cm³/mol. The monoisotopic (exact) mass is 284 g/mol. The quantitative estimate of drug-likeness (QED) is 0.737. The van der Waals surface area contributed by atoms with Gasteiger partial charge in [-0.05, 0) is 18.6 Å². The van der Waals surface area contributed by atoms with Gasteiger partial charge < -0.3 is 4.42 Å². The van der Waals surface area contributed by atoms with Crippen LogP contribution >= 0.6 is 0 Å². The van der Waals surface area contributed by atoms with Gasteiger partial charge in [-0.25, -0.2) is 4.98 Å². The molecule has 6 nitrogen and oxygen atoms in total. The second kappa shape index (κ2) is 5.12. The highest BCUT2D eigenvalue weighted by Gasteiger charge is 2.12. The summed E-state index contributed by atoms with van der Waals surface area (Å²) in [7, 11) is 0. The Balaban J connectivity index is 2.01. The normalized spacial score (nSPS) is 11.4. The van der Waals surface area contributed by atoms with Crippen molar-refractivity contribution >= 4 is 10.9 Å². The van der Waals surface area contributed by atoms with Crippen molar-refractivity contribution in [3.8, 4) is 0 Å². The van der Waals surface area contributed by atoms with Crippen molar-refractivity contribution in [1.82, 2.24) is 19.7 Å². The van der Waals surface area contributed by atoms with E-state index in [1.165, 1.54) is 10.9 Å². The average Bonchev–Trinajstić information content (AvgIpc) is 2.91. The Kier molecular flexibility index (Phi) is 3.29. The summed E-state index contributed by atoms with van der Waals surface area (Å²) in [5, 5.41) is 8.53. The zero-order valence-electron chi connectivity index (χ0n) is 12.2. The van der Waals surface area contributed by atoms with Crippen LogP contribution in [-0.2, 0) is 6.54 Å². The summed E-state index contributed by atoms with van der Waals surface area (Å²) in [5.41, 5.74) is 1.61. The van der Waals surface area contributed by atoms with Gasteiger partial charge in [-0.3, -0.25) is 9.36 Å². The molecule has 1 aromatic carbocycles. The van der Waals surface area contributed by atoms with Crippen LogP contribution in [0.1, 0.15) is 37.1 Å². The molecule has 0 saturated carbocycles. The molecule has 0 aliphatic rings. The van der Waals surface area contributed by atoms with Crippen molar-refractivity contribution in [2.75, 3.05) is 0 Å². The van der Waals surface area contributed by atoms with E-state index in [1.54, 1.807) is 6.07 Å². The first-order valence-corrected chi connectivity index (χ1v) is 6.83. The Hall–Kier alpha value is -2.50. The van der Waals surface area contributed by atoms with Gasteiger partial charge in [0.1, 0.15) is 6.54 Å². The molecule has 0 fully saturated rings. The van der Waals surface area contributed by atoms with E-state index >= 15 is 0 Å². The molecule has 0 spiro atoms. The van der Waals surface area contributed by atoms with Crippen LogP contribution in [0.4, 0.5) is 0 Å². The molecule has 0 aliphatic heterocycles. The lowest BCUT2D eigenvalue weighted by atomic mass is 10.1. The number of aryl methyl sites for hydroxylation is 1. The number of rotatable bonds is 3. The zero-order valence-corrected chi connectivity index (χ0v) is 12.2. The maximum absolute atomic E-state index is 12.5. The van der Waals surface area contributed by atoms with Crippen LogP contribution in [-0.4, -0.2) is 19.7 Å². The van der Waals surface area contributed by atoms with Gasteiger partial charge in [0.25, 0.3) is 5.56 Å². The number of aromatic nitrogens is 4. The summed E-state index contributed by atoms with van der Waals surface area (Å²) in [5.74, 6) is 1.15. The molecule has 0 bridgehead atoms. The topological polar surface area (TPSA) is 73.8 Å². The molecular formula is C15H16N4O2. The number of para-hydroxylation sites is 1. The highest BCUT2D eigenvalue weighted by molar-refractivity contribution is 5.80. The standard InChI is InChI=1S/C15H16N4O2/c1-9(2)14-18-17-12(21-14)7-19-8-16-13-10(3)5-4-6-11(13)15(19)20/h4-6,8-9H,7H2,1-3H3. The van der Waals surface area contributed by atoms with Crippen LogP contribution in [0.15, 0.2) is 33.7 Å². The SMILES string of the molecule is Cc1cccc2c(=O)n(Cc3nnc(C(C)C)o3)cnc12. The third-order valence-corrected chi connectivity index (χ3v) is 3.34. The van der Waals surface area contributed by atoms with Gasteiger partial charge in [0, 0.05) is 5.92 Å². The molecule has 2 aromatic heterocycles. The van der Waals surface area contributed by atoms with Gasteiger partial charge in [-0.2, -0.15) is 0 Å². The first-order valence-electron chi connectivity index (χ1n) is 6.83. The molecule has 0 saturated heterocycles. The van der Waals surface area contributed by atoms with Crippen LogP contribution < -0.4 is 5.56 Å². The summed E-state index contributed by atoms with van der Waals surface area (Å²) in [4.78, 5) is 16.8. The lowest BCUT2D eigenvalue weighted by Gasteiger charge is -2.05. The highest BCUT2D eigenvalue weighted by Crippen LogP contribution is 2.14. The minimum absolute atomic E-state index is 0.104. The number of fused-ring (bicyclic) bond motifs is 1. The molecule has 2 heterocycles. The van der Waals surface area contributed by atoms with E-state index in [-0.39, 0.29) is 18.0 Å². The fourth-order valence-corrected chi connectivity index (χ4v) is 2.16. The van der Waals surface area contributed by atoms with Crippen molar-refractivity contribution < 1.29 is 4.42 Å². The fourth-order valence-electron chi connectivity index (χ4n) is 2.16. The smallest absolute Gasteiger partial charge is 0.261 e. The van der Waals surface area contributed by atoms with Gasteiger partial charge in [0.05, 0.1) is 17.2 Å². The van der Waals surface area contributed by atoms with E-state index in [2.05, 4.69) is 15.2 Å². The second-order valence-electron chi connectivity index (χ2n) is 5.34. The minimum atomic E-state index is -0.104. The molecular weight excluding hydrogens is 268 g/mol. The van der Waals surface area contributed by atoms with E-state index < -0.39 is 0 Å². The third kappa shape index (κ3) is 2.44. The van der Waals surface area contributed by atoms with Crippen LogP contribution in [0.25, 0.3) is 10.9 Å². The predicted octanol–water partition coefficient (Wildman–Crippen LogP) is 2.26. The molecule has 0 unspecified atom stereocenters. The molecule has 3 rings (SSSR count). The molecule has 0 amide bonds. The lowest BCUT2D eigenvalue weighted by Crippen LogP contribution is -2.21. The summed E-state index contributed by atoms with van der Waals surface area (Å²) < 4.78 is 7.02. The van der Waals surface area contributed by atoms with E-state index in [1.807, 2.05) is 32.9 Å². The van der Waals surface area contributed by atoms with Crippen LogP contribution in [0, 0.1) is 6.92 Å². The van der Waals surface area contributed by atoms with Gasteiger partial charge in [-0.1, -0.05) is 26.0 Å². The number of benzene rings is 1. The summed E-state index contributed by atoms with van der Waals surface area (Å²) >= 11 is 0. The fraction of sp³-hybridized carbons (Fsp3) is 0.333. The molecule has 6 heteroatoms. The Bertz CT molecular complexity index is 848. The molecule has 108 valence electrons. The van der Waals surface area contributed by atoms with E-state index in [0.717, 1.165) is 11.1 Å². The minimum Gasteiger partial charge on any atom is -0.423 e. The lowest BCUT2D eigenvalue weighted by molar-refractivity contribution is 0.420. The highest BCUT2D eigenvalue weighted by atomic mass is 16.4. The van der Waals surface area contributed by atoms with Crippen molar-refractivity contribution in [2.24, 2.45) is 0 Å². The Morgan fingerprint density at radius 3 is 2.81 bits per heavy atom. The second-order valence-corrected chi connectivity index (χ2v) is 5.34. The first kappa shape index (κ1) is 13.5. The molecule has 0 radical (unpaired) electrons. The summed E-state index contributed by atoms with van der Waals surface area (Å²) in [6.45, 7) is 6.12. The number of hydrogen-bond acceptors (Lipinski definition) is 5. The van der Waals surface area contributed by atoms with Crippen molar-refractivity contribution in [2.45, 2.75) is 33.2 Å². The van der Waals surface area contributed by atoms with Crippen molar-refractivity contribution in [1.29, 1.82) is 0 Å². The Morgan fingerprint density at radius 1 is 1.29 bits per heavy atom. The number of hydrogen-bond donors (Lipinski definition) is 0. The van der Waals surface area contributed by atoms with Crippen LogP contribution in [0.3, 0.4) is 0 Å². The third-order valence-electron chi connectivity index (χ3n) is 3.34. The maximum atomic E-state index is 12.5. The summed E-state index contributed by atoms with van der Waals surface area (Å²) in [6.07, 6.45) is 1.52. The van der Waals surface area contributed by atoms with E-state index in [0.29, 0.717) is 17.2 Å². The molecule has 0 N–H and O–H groups in total. The van der Waals surface area contributed by atoms with E-state index in [4.69, 9.17) is 4.42 Å². The van der Waals surface area contributed by atoms with Crippen LogP contribution in [0.2, 0.25) is 0 Å². The van der Waals surface area contributed by atoms with Gasteiger partial charge in [0.2, 0.25) is 11.8 Å². The molecule has 3 aromatic rings. The molecule has 21 heavy (non-hydrogen) atoms. The Morgan fingerprint density at radius 2 is 2.10 bits per heavy atom. The number of nitrogens with zero attached hydrogens (tertiary/aromatic N) is 4. The maximum Gasteiger partial charge on any atom is 0.261 e. The van der Waals surface area contributed by atoms with E-state index in [9.17, 15) is 4.79 Å². The Labute approximate surface area is 121 Å². The van der Waals surface area contributed by atoms with Crippen molar-refractivity contribution in [3.05, 3.63) is 52.2 Å². The average molecular weight is 284 g/mol. The van der Waals surface area contributed by atoms with Crippen LogP contribution in [0.5, 0.6) is 0 Å². The first-order chi connectivity index (χ1) is 10.1. The van der Waals surface area contributed by atoms with Crippen molar-refractivity contribution in [3.63, 3.8) is 0 Å². The molecule has 0 atom stereocenters. The van der Waals surface area contributed by atoms with Gasteiger partial charge in [0.15, 0.2) is 0 Å². The van der Waals surface area contributed by atoms with Gasteiger partial charge >= 0.3 is 0 Å².